The fourth-order valence-corrected chi connectivity index (χ4v) is 6.63. The third-order valence-corrected chi connectivity index (χ3v) is 8.53. The molecule has 1 unspecified atom stereocenters. The Morgan fingerprint density at radius 3 is 2.66 bits per heavy atom. The van der Waals surface area contributed by atoms with Crippen LogP contribution < -0.4 is 5.32 Å². The number of aromatic nitrogens is 1. The summed E-state index contributed by atoms with van der Waals surface area (Å²) in [5, 5.41) is 2.68. The Kier molecular flexibility index (Phi) is 6.01. The lowest BCUT2D eigenvalue weighted by Gasteiger charge is -2.42. The van der Waals surface area contributed by atoms with E-state index in [-0.39, 0.29) is 36.0 Å². The Morgan fingerprint density at radius 2 is 1.87 bits per heavy atom. The van der Waals surface area contributed by atoms with Crippen molar-refractivity contribution in [1.82, 2.24) is 9.88 Å². The standard InChI is InChI=1S/C31H31N3O4/c1-3-34-19(2)25(20-8-5-4-6-9-20)15-23(29(34)36)16-27(35)21-11-12-22-17-31(18-24(22)14-21)26-10-7-13-32-28(26)33-30(37)38-31/h4-14,19,23,25H,3,15-18H2,1-2H3,(H,32,33,37)/t19-,23-,25-,31?/m1/s1. The van der Waals surface area contributed by atoms with Crippen LogP contribution in [0.4, 0.5) is 10.6 Å². The average Bonchev–Trinajstić information content (AvgIpc) is 3.28. The summed E-state index contributed by atoms with van der Waals surface area (Å²) in [6.07, 6.45) is 2.99. The maximum absolute atomic E-state index is 13.5. The summed E-state index contributed by atoms with van der Waals surface area (Å²) in [4.78, 5) is 45.4. The lowest BCUT2D eigenvalue weighted by molar-refractivity contribution is -0.142. The molecule has 2 amide bonds. The molecule has 2 aliphatic heterocycles. The Bertz CT molecular complexity index is 1420. The number of ketones is 1. The second-order valence-electron chi connectivity index (χ2n) is 10.7. The van der Waals surface area contributed by atoms with Gasteiger partial charge in [0.2, 0.25) is 5.91 Å². The normalized spacial score (nSPS) is 25.9. The van der Waals surface area contributed by atoms with E-state index in [9.17, 15) is 14.4 Å². The molecule has 1 fully saturated rings. The van der Waals surface area contributed by atoms with Crippen LogP contribution in [0.3, 0.4) is 0 Å². The summed E-state index contributed by atoms with van der Waals surface area (Å²) in [5.41, 5.74) is 3.86. The van der Waals surface area contributed by atoms with Gasteiger partial charge < -0.3 is 9.64 Å². The number of Topliss-reactive ketones (excluding diaryl/α,β-unsaturated/α-hetero) is 1. The Balaban J connectivity index is 1.23. The summed E-state index contributed by atoms with van der Waals surface area (Å²) in [7, 11) is 0. The van der Waals surface area contributed by atoms with Crippen LogP contribution in [0.1, 0.15) is 65.2 Å². The molecule has 0 saturated carbocycles. The Morgan fingerprint density at radius 1 is 1.08 bits per heavy atom. The minimum absolute atomic E-state index is 0.0334. The molecule has 0 radical (unpaired) electrons. The lowest BCUT2D eigenvalue weighted by atomic mass is 9.77. The summed E-state index contributed by atoms with van der Waals surface area (Å²) >= 11 is 0. The van der Waals surface area contributed by atoms with Gasteiger partial charge in [-0.3, -0.25) is 14.9 Å². The number of hydrogen-bond donors (Lipinski definition) is 1. The van der Waals surface area contributed by atoms with E-state index in [0.29, 0.717) is 37.2 Å². The SMILES string of the molecule is CCN1C(=O)[C@@H](CC(=O)c2ccc3c(c2)CC2(C3)OC(=O)Nc3ncccc32)C[C@@H](c2ccccc2)[C@H]1C. The van der Waals surface area contributed by atoms with Crippen LogP contribution in [0.2, 0.25) is 0 Å². The third kappa shape index (κ3) is 4.06. The van der Waals surface area contributed by atoms with E-state index < -0.39 is 11.7 Å². The first kappa shape index (κ1) is 24.3. The van der Waals surface area contributed by atoms with Crippen molar-refractivity contribution in [2.24, 2.45) is 5.92 Å². The number of anilines is 1. The van der Waals surface area contributed by atoms with Crippen molar-refractivity contribution < 1.29 is 19.1 Å². The molecule has 7 nitrogen and oxygen atoms in total. The van der Waals surface area contributed by atoms with Crippen LogP contribution in [0.5, 0.6) is 0 Å². The van der Waals surface area contributed by atoms with Gasteiger partial charge in [-0.2, -0.15) is 0 Å². The molecule has 1 aliphatic carbocycles. The molecule has 1 aromatic heterocycles. The second-order valence-corrected chi connectivity index (χ2v) is 10.7. The predicted octanol–water partition coefficient (Wildman–Crippen LogP) is 5.25. The van der Waals surface area contributed by atoms with Crippen molar-refractivity contribution in [2.45, 2.75) is 57.1 Å². The number of nitrogens with zero attached hydrogens (tertiary/aromatic N) is 2. The molecule has 3 heterocycles. The highest BCUT2D eigenvalue weighted by atomic mass is 16.6. The van der Waals surface area contributed by atoms with Gasteiger partial charge >= 0.3 is 6.09 Å². The van der Waals surface area contributed by atoms with Gasteiger partial charge in [-0.25, -0.2) is 9.78 Å². The van der Waals surface area contributed by atoms with Gasteiger partial charge in [-0.05, 0) is 55.2 Å². The average molecular weight is 510 g/mol. The molecule has 0 bridgehead atoms. The zero-order chi connectivity index (χ0) is 26.4. The van der Waals surface area contributed by atoms with E-state index in [1.54, 1.807) is 6.20 Å². The molecule has 6 rings (SSSR count). The van der Waals surface area contributed by atoms with Gasteiger partial charge in [0, 0.05) is 61.0 Å². The number of carbonyl (C=O) groups excluding carboxylic acids is 3. The summed E-state index contributed by atoms with van der Waals surface area (Å²) in [6.45, 7) is 4.73. The molecular formula is C31H31N3O4. The summed E-state index contributed by atoms with van der Waals surface area (Å²) < 4.78 is 5.84. The summed E-state index contributed by atoms with van der Waals surface area (Å²) in [5.74, 6) is 0.383. The van der Waals surface area contributed by atoms with Gasteiger partial charge in [0.1, 0.15) is 5.82 Å². The molecule has 7 heteroatoms. The fourth-order valence-electron chi connectivity index (χ4n) is 6.63. The van der Waals surface area contributed by atoms with Crippen molar-refractivity contribution in [2.75, 3.05) is 11.9 Å². The van der Waals surface area contributed by atoms with Crippen LogP contribution in [-0.4, -0.2) is 40.3 Å². The Labute approximate surface area is 222 Å². The molecule has 38 heavy (non-hydrogen) atoms. The Hall–Kier alpha value is -4.00. The number of amides is 2. The monoisotopic (exact) mass is 509 g/mol. The van der Waals surface area contributed by atoms with E-state index >= 15 is 0 Å². The largest absolute Gasteiger partial charge is 0.437 e. The first-order valence-corrected chi connectivity index (χ1v) is 13.3. The van der Waals surface area contributed by atoms with Crippen molar-refractivity contribution in [3.05, 3.63) is 94.7 Å². The lowest BCUT2D eigenvalue weighted by Crippen LogP contribution is -2.50. The van der Waals surface area contributed by atoms with Crippen LogP contribution in [-0.2, 0) is 28.0 Å². The number of rotatable bonds is 5. The molecule has 1 spiro atoms. The number of ether oxygens (including phenoxy) is 1. The fraction of sp³-hybridized carbons (Fsp3) is 0.355. The molecule has 3 aliphatic rings. The smallest absolute Gasteiger partial charge is 0.413 e. The number of fused-ring (bicyclic) bond motifs is 3. The number of carbonyl (C=O) groups is 3. The molecule has 3 aromatic rings. The zero-order valence-corrected chi connectivity index (χ0v) is 21.6. The van der Waals surface area contributed by atoms with Crippen LogP contribution in [0, 0.1) is 5.92 Å². The number of nitrogens with one attached hydrogen (secondary N) is 1. The number of likely N-dealkylation sites (tertiary alicyclic amines) is 1. The van der Waals surface area contributed by atoms with E-state index in [1.807, 2.05) is 60.4 Å². The number of likely N-dealkylation sites (N-methyl/N-ethyl adjacent to an activating group) is 1. The number of hydrogen-bond acceptors (Lipinski definition) is 5. The highest BCUT2D eigenvalue weighted by Crippen LogP contribution is 2.46. The minimum atomic E-state index is -0.823. The van der Waals surface area contributed by atoms with E-state index in [0.717, 1.165) is 16.7 Å². The molecule has 2 aromatic carbocycles. The molecule has 4 atom stereocenters. The maximum atomic E-state index is 13.5. The first-order valence-electron chi connectivity index (χ1n) is 13.3. The van der Waals surface area contributed by atoms with Crippen molar-refractivity contribution in [3.63, 3.8) is 0 Å². The zero-order valence-electron chi connectivity index (χ0n) is 21.6. The first-order chi connectivity index (χ1) is 18.4. The summed E-state index contributed by atoms with van der Waals surface area (Å²) in [6, 6.07) is 19.8. The van der Waals surface area contributed by atoms with E-state index in [2.05, 4.69) is 29.4 Å². The second kappa shape index (κ2) is 9.39. The van der Waals surface area contributed by atoms with Gasteiger partial charge in [-0.15, -0.1) is 0 Å². The van der Waals surface area contributed by atoms with Crippen LogP contribution in [0.15, 0.2) is 66.9 Å². The quantitative estimate of drug-likeness (QED) is 0.475. The van der Waals surface area contributed by atoms with Crippen molar-refractivity contribution in [1.29, 1.82) is 0 Å². The highest BCUT2D eigenvalue weighted by molar-refractivity contribution is 5.99. The predicted molar refractivity (Wildman–Crippen MR) is 143 cm³/mol. The maximum Gasteiger partial charge on any atom is 0.413 e. The van der Waals surface area contributed by atoms with Crippen LogP contribution >= 0.6 is 0 Å². The van der Waals surface area contributed by atoms with E-state index in [4.69, 9.17) is 4.74 Å². The molecular weight excluding hydrogens is 478 g/mol. The van der Waals surface area contributed by atoms with Gasteiger partial charge in [0.15, 0.2) is 11.4 Å². The van der Waals surface area contributed by atoms with Gasteiger partial charge in [0.25, 0.3) is 0 Å². The highest BCUT2D eigenvalue weighted by Gasteiger charge is 2.47. The van der Waals surface area contributed by atoms with Crippen molar-refractivity contribution in [3.8, 4) is 0 Å². The number of pyridine rings is 1. The number of piperidine rings is 1. The molecule has 1 saturated heterocycles. The van der Waals surface area contributed by atoms with E-state index in [1.165, 1.54) is 5.56 Å². The molecule has 1 N–H and O–H groups in total. The number of benzene rings is 2. The molecule has 194 valence electrons. The van der Waals surface area contributed by atoms with Gasteiger partial charge in [0.05, 0.1) is 0 Å². The third-order valence-electron chi connectivity index (χ3n) is 8.53. The van der Waals surface area contributed by atoms with Crippen molar-refractivity contribution >= 4 is 23.6 Å². The minimum Gasteiger partial charge on any atom is -0.437 e. The van der Waals surface area contributed by atoms with Crippen LogP contribution in [0.25, 0.3) is 0 Å². The topological polar surface area (TPSA) is 88.6 Å². The van der Waals surface area contributed by atoms with Gasteiger partial charge in [-0.1, -0.05) is 42.5 Å².